The Morgan fingerprint density at radius 3 is 2.60 bits per heavy atom. The van der Waals surface area contributed by atoms with Gasteiger partial charge >= 0.3 is 0 Å². The Bertz CT molecular complexity index is 172. The van der Waals surface area contributed by atoms with Crippen molar-refractivity contribution in [3.8, 4) is 0 Å². The third-order valence-corrected chi connectivity index (χ3v) is 1.20. The predicted octanol–water partition coefficient (Wildman–Crippen LogP) is 1.05. The van der Waals surface area contributed by atoms with Gasteiger partial charge in [-0.2, -0.15) is 0 Å². The molecular formula is C6H11N3S. The second-order valence-electron chi connectivity index (χ2n) is 1.68. The first-order valence-electron chi connectivity index (χ1n) is 2.76. The van der Waals surface area contributed by atoms with E-state index in [1.54, 1.807) is 13.2 Å². The fourth-order valence-electron chi connectivity index (χ4n) is 0.513. The Kier molecular flexibility index (Phi) is 4.66. The van der Waals surface area contributed by atoms with E-state index in [1.165, 1.54) is 0 Å². The lowest BCUT2D eigenvalue weighted by atomic mass is 10.3. The van der Waals surface area contributed by atoms with Crippen LogP contribution in [0.3, 0.4) is 0 Å². The van der Waals surface area contributed by atoms with Gasteiger partial charge in [0.15, 0.2) is 0 Å². The van der Waals surface area contributed by atoms with Crippen LogP contribution < -0.4 is 4.72 Å². The molecule has 1 N–H and O–H groups in total. The van der Waals surface area contributed by atoms with E-state index in [2.05, 4.69) is 34.2 Å². The fraction of sp³-hybridized carbons (Fsp3) is 0.333. The largest absolute Gasteiger partial charge is 0.317 e. The third kappa shape index (κ3) is 2.68. The molecule has 0 spiro atoms. The molecule has 0 heterocycles. The van der Waals surface area contributed by atoms with Gasteiger partial charge in [0.25, 0.3) is 0 Å². The van der Waals surface area contributed by atoms with Gasteiger partial charge in [-0.05, 0) is 13.6 Å². The third-order valence-electron chi connectivity index (χ3n) is 0.988. The lowest BCUT2D eigenvalue weighted by Gasteiger charge is -2.00. The van der Waals surface area contributed by atoms with Gasteiger partial charge in [-0.25, -0.2) is 0 Å². The average molecular weight is 157 g/mol. The molecule has 56 valence electrons. The summed E-state index contributed by atoms with van der Waals surface area (Å²) in [6, 6.07) is 0. The predicted molar refractivity (Wildman–Crippen MR) is 48.8 cm³/mol. The molecule has 0 unspecified atom stereocenters. The van der Waals surface area contributed by atoms with E-state index in [4.69, 9.17) is 0 Å². The zero-order valence-electron chi connectivity index (χ0n) is 6.13. The monoisotopic (exact) mass is 157 g/mol. The molecule has 0 aliphatic rings. The van der Waals surface area contributed by atoms with E-state index in [9.17, 15) is 0 Å². The molecule has 0 aromatic rings. The molecule has 0 aliphatic heterocycles. The van der Waals surface area contributed by atoms with Crippen molar-refractivity contribution >= 4 is 25.4 Å². The highest BCUT2D eigenvalue weighted by Crippen LogP contribution is 1.94. The first-order chi connectivity index (χ1) is 4.76. The fourth-order valence-corrected chi connectivity index (χ4v) is 0.789. The molecule has 0 rings (SSSR count). The second-order valence-corrected chi connectivity index (χ2v) is 1.90. The van der Waals surface area contributed by atoms with Crippen molar-refractivity contribution in [1.29, 1.82) is 0 Å². The molecular weight excluding hydrogens is 146 g/mol. The molecule has 0 radical (unpaired) electrons. The van der Waals surface area contributed by atoms with Crippen molar-refractivity contribution in [1.82, 2.24) is 4.72 Å². The molecule has 0 aromatic heterocycles. The second kappa shape index (κ2) is 5.05. The van der Waals surface area contributed by atoms with Gasteiger partial charge in [-0.3, -0.25) is 9.98 Å². The summed E-state index contributed by atoms with van der Waals surface area (Å²) in [6.45, 7) is 5.19. The molecule has 3 nitrogen and oxygen atoms in total. The molecule has 0 fully saturated rings. The van der Waals surface area contributed by atoms with Crippen LogP contribution in [0.25, 0.3) is 0 Å². The van der Waals surface area contributed by atoms with E-state index < -0.39 is 0 Å². The minimum atomic E-state index is 0.704. The summed E-state index contributed by atoms with van der Waals surface area (Å²) in [6.07, 6.45) is 1.62. The van der Waals surface area contributed by atoms with Gasteiger partial charge in [-0.1, -0.05) is 12.8 Å². The quantitative estimate of drug-likeness (QED) is 0.351. The van der Waals surface area contributed by atoms with Crippen LogP contribution in [0.4, 0.5) is 0 Å². The molecule has 0 atom stereocenters. The molecule has 0 saturated heterocycles. The van der Waals surface area contributed by atoms with Gasteiger partial charge in [-0.15, -0.1) is 0 Å². The van der Waals surface area contributed by atoms with Crippen LogP contribution in [0.1, 0.15) is 6.92 Å². The Hall–Kier alpha value is -0.770. The van der Waals surface area contributed by atoms with Crippen molar-refractivity contribution < 1.29 is 0 Å². The topological polar surface area (TPSA) is 36.8 Å². The summed E-state index contributed by atoms with van der Waals surface area (Å²) in [5.41, 5.74) is 0.910. The first-order valence-corrected chi connectivity index (χ1v) is 3.20. The lowest BCUT2D eigenvalue weighted by Crippen LogP contribution is -2.13. The van der Waals surface area contributed by atoms with Crippen molar-refractivity contribution in [2.24, 2.45) is 9.98 Å². The highest BCUT2D eigenvalue weighted by Gasteiger charge is 1.94. The van der Waals surface area contributed by atoms with Crippen LogP contribution in [0.2, 0.25) is 0 Å². The molecule has 0 amide bonds. The van der Waals surface area contributed by atoms with Gasteiger partial charge in [0.05, 0.1) is 0 Å². The summed E-state index contributed by atoms with van der Waals surface area (Å²) >= 11 is 3.84. The van der Waals surface area contributed by atoms with E-state index >= 15 is 0 Å². The Morgan fingerprint density at radius 1 is 1.70 bits per heavy atom. The Labute approximate surface area is 66.5 Å². The Morgan fingerprint density at radius 2 is 2.30 bits per heavy atom. The summed E-state index contributed by atoms with van der Waals surface area (Å²) in [5.74, 6) is 0.704. The van der Waals surface area contributed by atoms with Crippen molar-refractivity contribution in [3.05, 3.63) is 11.8 Å². The van der Waals surface area contributed by atoms with Crippen LogP contribution in [0, 0.1) is 0 Å². The number of nitrogens with one attached hydrogen (secondary N) is 1. The minimum absolute atomic E-state index is 0.704. The van der Waals surface area contributed by atoms with Crippen molar-refractivity contribution in [2.75, 3.05) is 7.05 Å². The van der Waals surface area contributed by atoms with Crippen LogP contribution in [-0.2, 0) is 0 Å². The summed E-state index contributed by atoms with van der Waals surface area (Å²) in [4.78, 5) is 7.48. The van der Waals surface area contributed by atoms with Gasteiger partial charge in [0, 0.05) is 18.8 Å². The number of thiol groups is 1. The number of hydrogen-bond donors (Lipinski definition) is 2. The molecule has 4 heteroatoms. The van der Waals surface area contributed by atoms with Crippen LogP contribution in [0.15, 0.2) is 21.8 Å². The van der Waals surface area contributed by atoms with E-state index in [1.807, 2.05) is 6.92 Å². The summed E-state index contributed by atoms with van der Waals surface area (Å²) in [5, 5.41) is 0. The maximum absolute atomic E-state index is 3.90. The molecule has 10 heavy (non-hydrogen) atoms. The van der Waals surface area contributed by atoms with Gasteiger partial charge < -0.3 is 4.72 Å². The number of aliphatic imine (C=N–C) groups is 2. The van der Waals surface area contributed by atoms with Crippen LogP contribution in [-0.4, -0.2) is 19.6 Å². The van der Waals surface area contributed by atoms with Gasteiger partial charge in [0.1, 0.15) is 5.84 Å². The summed E-state index contributed by atoms with van der Waals surface area (Å²) in [7, 11) is 1.68. The maximum Gasteiger partial charge on any atom is 0.134 e. The average Bonchev–Trinajstić information content (AvgIpc) is 1.91. The van der Waals surface area contributed by atoms with E-state index in [0.29, 0.717) is 5.84 Å². The zero-order chi connectivity index (χ0) is 7.98. The van der Waals surface area contributed by atoms with Crippen molar-refractivity contribution in [2.45, 2.75) is 6.92 Å². The maximum atomic E-state index is 3.90. The normalized spacial score (nSPS) is 13.1. The zero-order valence-corrected chi connectivity index (χ0v) is 7.02. The highest BCUT2D eigenvalue weighted by molar-refractivity contribution is 7.78. The highest BCUT2D eigenvalue weighted by atomic mass is 32.1. The molecule has 0 aromatic carbocycles. The number of nitrogens with zero attached hydrogens (tertiary/aromatic N) is 2. The smallest absolute Gasteiger partial charge is 0.134 e. The standard InChI is InChI=1S/C6H11N3S/c1-5(4-7-2)6(8-3)9-10/h4,10H,2H2,1,3H3,(H,8,9)/b5-4-. The number of rotatable bonds is 2. The first kappa shape index (κ1) is 9.23. The number of hydrogen-bond acceptors (Lipinski definition) is 3. The Balaban J connectivity index is 4.30. The molecule has 0 saturated carbocycles. The molecule has 0 bridgehead atoms. The molecule has 0 aliphatic carbocycles. The van der Waals surface area contributed by atoms with Crippen LogP contribution in [0.5, 0.6) is 0 Å². The SMILES string of the molecule is C=N/C=C(/C)C(=NC)NS. The van der Waals surface area contributed by atoms with E-state index in [-0.39, 0.29) is 0 Å². The lowest BCUT2D eigenvalue weighted by molar-refractivity contribution is 1.31. The van der Waals surface area contributed by atoms with Crippen molar-refractivity contribution in [3.63, 3.8) is 0 Å². The van der Waals surface area contributed by atoms with E-state index in [0.717, 1.165) is 5.57 Å². The summed E-state index contributed by atoms with van der Waals surface area (Å²) < 4.78 is 2.62. The van der Waals surface area contributed by atoms with Crippen LogP contribution >= 0.6 is 12.8 Å². The minimum Gasteiger partial charge on any atom is -0.317 e. The number of amidine groups is 1. The van der Waals surface area contributed by atoms with Gasteiger partial charge in [0.2, 0.25) is 0 Å².